The van der Waals surface area contributed by atoms with E-state index in [4.69, 9.17) is 9.47 Å². The summed E-state index contributed by atoms with van der Waals surface area (Å²) in [6, 6.07) is 5.21. The first kappa shape index (κ1) is 26.1. The number of hydrogen-bond donors (Lipinski definition) is 1. The monoisotopic (exact) mass is 549 g/mol. The summed E-state index contributed by atoms with van der Waals surface area (Å²) in [5.74, 6) is 1.51. The van der Waals surface area contributed by atoms with Gasteiger partial charge in [0.15, 0.2) is 17.5 Å². The smallest absolute Gasteiger partial charge is 0.193 e. The van der Waals surface area contributed by atoms with Crippen molar-refractivity contribution in [2.75, 3.05) is 79.7 Å². The standard InChI is InChI=1S/C22H36FN5O2.HI/c1-18(16-27-10-12-30-13-11-27)15-25-22(24-2)28-8-6-26(7-9-28)17-19-4-5-21(29-3)20(23)14-19;/h4-5,14,18H,6-13,15-17H2,1-3H3,(H,24,25);1H. The van der Waals surface area contributed by atoms with Crippen LogP contribution in [0.5, 0.6) is 5.75 Å². The molecule has 0 spiro atoms. The van der Waals surface area contributed by atoms with Gasteiger partial charge in [-0.15, -0.1) is 24.0 Å². The summed E-state index contributed by atoms with van der Waals surface area (Å²) in [7, 11) is 3.34. The summed E-state index contributed by atoms with van der Waals surface area (Å²) < 4.78 is 24.4. The van der Waals surface area contributed by atoms with E-state index in [1.54, 1.807) is 12.1 Å². The minimum absolute atomic E-state index is 0. The molecule has 7 nitrogen and oxygen atoms in total. The second-order valence-electron chi connectivity index (χ2n) is 8.18. The van der Waals surface area contributed by atoms with Crippen molar-refractivity contribution in [3.63, 3.8) is 0 Å². The maximum Gasteiger partial charge on any atom is 0.193 e. The number of guanidine groups is 1. The van der Waals surface area contributed by atoms with Gasteiger partial charge in [0, 0.05) is 66.0 Å². The molecule has 1 aromatic carbocycles. The van der Waals surface area contributed by atoms with Crippen molar-refractivity contribution >= 4 is 29.9 Å². The first-order valence-corrected chi connectivity index (χ1v) is 10.9. The van der Waals surface area contributed by atoms with Gasteiger partial charge in [0.05, 0.1) is 20.3 Å². The molecule has 2 heterocycles. The quantitative estimate of drug-likeness (QED) is 0.320. The Morgan fingerprint density at radius 1 is 1.16 bits per heavy atom. The number of methoxy groups -OCH3 is 1. The maximum atomic E-state index is 13.9. The normalized spacial score (nSPS) is 19.6. The number of piperazine rings is 1. The fourth-order valence-corrected chi connectivity index (χ4v) is 4.07. The van der Waals surface area contributed by atoms with Crippen LogP contribution in [0.4, 0.5) is 4.39 Å². The number of benzene rings is 1. The second-order valence-corrected chi connectivity index (χ2v) is 8.18. The van der Waals surface area contributed by atoms with Crippen LogP contribution in [-0.4, -0.2) is 100 Å². The third-order valence-electron chi connectivity index (χ3n) is 5.79. The van der Waals surface area contributed by atoms with Crippen LogP contribution in [0.3, 0.4) is 0 Å². The highest BCUT2D eigenvalue weighted by atomic mass is 127. The summed E-state index contributed by atoms with van der Waals surface area (Å²) >= 11 is 0. The molecule has 2 aliphatic heterocycles. The van der Waals surface area contributed by atoms with E-state index in [9.17, 15) is 4.39 Å². The highest BCUT2D eigenvalue weighted by Crippen LogP contribution is 2.19. The topological polar surface area (TPSA) is 52.6 Å². The van der Waals surface area contributed by atoms with E-state index in [0.717, 1.165) is 83.6 Å². The van der Waals surface area contributed by atoms with Crippen LogP contribution in [0.15, 0.2) is 23.2 Å². The minimum atomic E-state index is -0.301. The number of halogens is 2. The van der Waals surface area contributed by atoms with Gasteiger partial charge in [0.2, 0.25) is 0 Å². The van der Waals surface area contributed by atoms with Gasteiger partial charge in [-0.1, -0.05) is 13.0 Å². The second kappa shape index (κ2) is 13.4. The summed E-state index contributed by atoms with van der Waals surface area (Å²) in [6.07, 6.45) is 0. The van der Waals surface area contributed by atoms with E-state index < -0.39 is 0 Å². The molecule has 0 radical (unpaired) electrons. The number of aliphatic imine (C=N–C) groups is 1. The average Bonchev–Trinajstić information content (AvgIpc) is 2.76. The van der Waals surface area contributed by atoms with Crippen molar-refractivity contribution in [1.29, 1.82) is 0 Å². The van der Waals surface area contributed by atoms with Crippen molar-refractivity contribution < 1.29 is 13.9 Å². The zero-order chi connectivity index (χ0) is 21.3. The molecule has 1 N–H and O–H groups in total. The van der Waals surface area contributed by atoms with Gasteiger partial charge in [0.25, 0.3) is 0 Å². The lowest BCUT2D eigenvalue weighted by Gasteiger charge is -2.37. The largest absolute Gasteiger partial charge is 0.494 e. The molecule has 9 heteroatoms. The summed E-state index contributed by atoms with van der Waals surface area (Å²) in [5.41, 5.74) is 0.973. The molecule has 2 aliphatic rings. The number of nitrogens with zero attached hydrogens (tertiary/aromatic N) is 4. The molecular formula is C22H37FIN5O2. The summed E-state index contributed by atoms with van der Waals surface area (Å²) in [6.45, 7) is 12.4. The van der Waals surface area contributed by atoms with Crippen LogP contribution in [0, 0.1) is 11.7 Å². The van der Waals surface area contributed by atoms with Crippen LogP contribution < -0.4 is 10.1 Å². The van der Waals surface area contributed by atoms with Gasteiger partial charge in [-0.3, -0.25) is 14.8 Å². The van der Waals surface area contributed by atoms with Gasteiger partial charge >= 0.3 is 0 Å². The molecule has 176 valence electrons. The molecule has 31 heavy (non-hydrogen) atoms. The van der Waals surface area contributed by atoms with Crippen LogP contribution in [0.1, 0.15) is 12.5 Å². The Morgan fingerprint density at radius 3 is 2.48 bits per heavy atom. The molecule has 3 rings (SSSR count). The molecule has 0 bridgehead atoms. The van der Waals surface area contributed by atoms with Gasteiger partial charge in [-0.05, 0) is 23.6 Å². The molecule has 0 saturated carbocycles. The van der Waals surface area contributed by atoms with E-state index in [1.807, 2.05) is 13.1 Å². The zero-order valence-electron chi connectivity index (χ0n) is 19.0. The first-order chi connectivity index (χ1) is 14.6. The van der Waals surface area contributed by atoms with Gasteiger partial charge < -0.3 is 19.7 Å². The first-order valence-electron chi connectivity index (χ1n) is 10.9. The van der Waals surface area contributed by atoms with Crippen LogP contribution in [-0.2, 0) is 11.3 Å². The Hall–Kier alpha value is -1.17. The van der Waals surface area contributed by atoms with E-state index >= 15 is 0 Å². The highest BCUT2D eigenvalue weighted by Gasteiger charge is 2.21. The van der Waals surface area contributed by atoms with Gasteiger partial charge in [-0.25, -0.2) is 4.39 Å². The maximum absolute atomic E-state index is 13.9. The molecule has 1 atom stereocenters. The Balaban J connectivity index is 0.00000341. The molecule has 0 amide bonds. The Bertz CT molecular complexity index is 694. The minimum Gasteiger partial charge on any atom is -0.494 e. The summed E-state index contributed by atoms with van der Waals surface area (Å²) in [4.78, 5) is 11.6. The predicted molar refractivity (Wildman–Crippen MR) is 133 cm³/mol. The molecule has 2 saturated heterocycles. The van der Waals surface area contributed by atoms with Gasteiger partial charge in [0.1, 0.15) is 0 Å². The number of nitrogens with one attached hydrogen (secondary N) is 1. The third kappa shape index (κ3) is 8.03. The Morgan fingerprint density at radius 2 is 1.87 bits per heavy atom. The van der Waals surface area contributed by atoms with Crippen molar-refractivity contribution in [2.24, 2.45) is 10.9 Å². The fraction of sp³-hybridized carbons (Fsp3) is 0.682. The SMILES string of the molecule is CN=C(NCC(C)CN1CCOCC1)N1CCN(Cc2ccc(OC)c(F)c2)CC1.I. The number of ether oxygens (including phenoxy) is 2. The number of hydrogen-bond acceptors (Lipinski definition) is 5. The van der Waals surface area contributed by atoms with Crippen molar-refractivity contribution in [2.45, 2.75) is 13.5 Å². The predicted octanol–water partition coefficient (Wildman–Crippen LogP) is 2.11. The Labute approximate surface area is 203 Å². The fourth-order valence-electron chi connectivity index (χ4n) is 4.07. The van der Waals surface area contributed by atoms with Gasteiger partial charge in [-0.2, -0.15) is 0 Å². The average molecular weight is 549 g/mol. The number of rotatable bonds is 7. The molecule has 1 aromatic rings. The van der Waals surface area contributed by atoms with E-state index in [-0.39, 0.29) is 29.8 Å². The lowest BCUT2D eigenvalue weighted by atomic mass is 10.1. The summed E-state index contributed by atoms with van der Waals surface area (Å²) in [5, 5.41) is 3.55. The number of morpholine rings is 1. The van der Waals surface area contributed by atoms with Crippen molar-refractivity contribution in [3.05, 3.63) is 29.6 Å². The van der Waals surface area contributed by atoms with E-state index in [1.165, 1.54) is 7.11 Å². The Kier molecular flexibility index (Phi) is 11.3. The molecule has 1 unspecified atom stereocenters. The van der Waals surface area contributed by atoms with E-state index in [2.05, 4.69) is 31.9 Å². The third-order valence-corrected chi connectivity index (χ3v) is 5.79. The van der Waals surface area contributed by atoms with Crippen molar-refractivity contribution in [3.8, 4) is 5.75 Å². The lowest BCUT2D eigenvalue weighted by Crippen LogP contribution is -2.53. The molecular weight excluding hydrogens is 512 g/mol. The van der Waals surface area contributed by atoms with Crippen molar-refractivity contribution in [1.82, 2.24) is 20.0 Å². The molecule has 0 aromatic heterocycles. The van der Waals surface area contributed by atoms with Crippen LogP contribution >= 0.6 is 24.0 Å². The lowest BCUT2D eigenvalue weighted by molar-refractivity contribution is 0.0320. The highest BCUT2D eigenvalue weighted by molar-refractivity contribution is 14.0. The molecule has 0 aliphatic carbocycles. The molecule has 2 fully saturated rings. The van der Waals surface area contributed by atoms with Crippen LogP contribution in [0.25, 0.3) is 0 Å². The van der Waals surface area contributed by atoms with Crippen LogP contribution in [0.2, 0.25) is 0 Å². The zero-order valence-corrected chi connectivity index (χ0v) is 21.3. The van der Waals surface area contributed by atoms with E-state index in [0.29, 0.717) is 11.7 Å².